The van der Waals surface area contributed by atoms with E-state index in [9.17, 15) is 19.8 Å². The smallest absolute Gasteiger partial charge is 0.330 e. The molecule has 1 aromatic heterocycles. The van der Waals surface area contributed by atoms with Crippen molar-refractivity contribution in [2.24, 2.45) is 0 Å². The van der Waals surface area contributed by atoms with Gasteiger partial charge in [0.1, 0.15) is 18.3 Å². The fraction of sp³-hybridized carbons (Fsp3) is 0.667. The molecule has 1 aliphatic rings. The monoisotopic (exact) mass is 286 g/mol. The molecule has 2 heterocycles. The molecule has 1 unspecified atom stereocenters. The zero-order valence-electron chi connectivity index (χ0n) is 11.1. The molecule has 3 N–H and O–H groups in total. The number of aliphatic hydroxyl groups excluding tert-OH is 2. The Morgan fingerprint density at radius 1 is 1.40 bits per heavy atom. The van der Waals surface area contributed by atoms with Gasteiger partial charge in [0.2, 0.25) is 0 Å². The molecule has 2 rings (SSSR count). The maximum Gasteiger partial charge on any atom is 0.330 e. The number of rotatable bonds is 5. The molecule has 0 radical (unpaired) electrons. The van der Waals surface area contributed by atoms with Gasteiger partial charge in [0.05, 0.1) is 6.61 Å². The van der Waals surface area contributed by atoms with Crippen LogP contribution in [0.2, 0.25) is 0 Å². The van der Waals surface area contributed by atoms with E-state index < -0.39 is 35.8 Å². The Balaban J connectivity index is 2.13. The minimum atomic E-state index is -1.27. The highest BCUT2D eigenvalue weighted by atomic mass is 16.6. The first kappa shape index (κ1) is 14.9. The Bertz CT molecular complexity index is 553. The van der Waals surface area contributed by atoms with E-state index in [1.807, 2.05) is 6.92 Å². The zero-order chi connectivity index (χ0) is 14.7. The Labute approximate surface area is 114 Å². The van der Waals surface area contributed by atoms with Gasteiger partial charge in [-0.1, -0.05) is 6.92 Å². The molecule has 0 aromatic carbocycles. The average molecular weight is 286 g/mol. The first-order valence-corrected chi connectivity index (χ1v) is 6.45. The summed E-state index contributed by atoms with van der Waals surface area (Å²) in [6, 6.07) is 1.14. The van der Waals surface area contributed by atoms with Crippen LogP contribution in [-0.2, 0) is 9.47 Å². The number of aromatic amines is 1. The Morgan fingerprint density at radius 3 is 2.80 bits per heavy atom. The molecule has 1 saturated heterocycles. The summed E-state index contributed by atoms with van der Waals surface area (Å²) in [6.07, 6.45) is -2.15. The van der Waals surface area contributed by atoms with E-state index in [0.29, 0.717) is 6.61 Å². The molecule has 0 spiro atoms. The fourth-order valence-corrected chi connectivity index (χ4v) is 2.07. The summed E-state index contributed by atoms with van der Waals surface area (Å²) in [6.45, 7) is 2.59. The van der Waals surface area contributed by atoms with E-state index in [2.05, 4.69) is 4.98 Å². The van der Waals surface area contributed by atoms with Crippen LogP contribution in [0.3, 0.4) is 0 Å². The largest absolute Gasteiger partial charge is 0.387 e. The van der Waals surface area contributed by atoms with Gasteiger partial charge in [-0.05, 0) is 6.42 Å². The van der Waals surface area contributed by atoms with Gasteiger partial charge < -0.3 is 19.7 Å². The Hall–Kier alpha value is -1.48. The van der Waals surface area contributed by atoms with E-state index in [-0.39, 0.29) is 6.61 Å². The van der Waals surface area contributed by atoms with E-state index >= 15 is 0 Å². The van der Waals surface area contributed by atoms with Gasteiger partial charge in [-0.2, -0.15) is 0 Å². The van der Waals surface area contributed by atoms with Crippen molar-refractivity contribution in [3.8, 4) is 0 Å². The molecular formula is C12H18N2O6. The summed E-state index contributed by atoms with van der Waals surface area (Å²) in [5, 5.41) is 19.8. The van der Waals surface area contributed by atoms with Crippen molar-refractivity contribution in [2.75, 3.05) is 13.2 Å². The van der Waals surface area contributed by atoms with E-state index in [4.69, 9.17) is 9.47 Å². The van der Waals surface area contributed by atoms with E-state index in [1.165, 1.54) is 6.20 Å². The summed E-state index contributed by atoms with van der Waals surface area (Å²) in [4.78, 5) is 24.7. The van der Waals surface area contributed by atoms with Crippen LogP contribution in [0.5, 0.6) is 0 Å². The molecule has 0 saturated carbocycles. The summed E-state index contributed by atoms with van der Waals surface area (Å²) in [5.74, 6) is 0. The van der Waals surface area contributed by atoms with Gasteiger partial charge in [0.25, 0.3) is 5.56 Å². The third kappa shape index (κ3) is 2.98. The molecule has 1 aromatic rings. The molecule has 4 atom stereocenters. The minimum absolute atomic E-state index is 0.126. The van der Waals surface area contributed by atoms with E-state index in [0.717, 1.165) is 17.1 Å². The van der Waals surface area contributed by atoms with Gasteiger partial charge in [-0.3, -0.25) is 14.3 Å². The first-order chi connectivity index (χ1) is 9.54. The molecule has 0 bridgehead atoms. The lowest BCUT2D eigenvalue weighted by molar-refractivity contribution is -0.0682. The van der Waals surface area contributed by atoms with Crippen molar-refractivity contribution in [1.82, 2.24) is 9.55 Å². The van der Waals surface area contributed by atoms with E-state index in [1.54, 1.807) is 0 Å². The summed E-state index contributed by atoms with van der Waals surface area (Å²) in [5.41, 5.74) is -1.24. The second kappa shape index (κ2) is 6.31. The third-order valence-electron chi connectivity index (χ3n) is 3.09. The highest BCUT2D eigenvalue weighted by Gasteiger charge is 2.44. The molecule has 0 aliphatic carbocycles. The average Bonchev–Trinajstić information content (AvgIpc) is 2.68. The second-order valence-electron chi connectivity index (χ2n) is 4.64. The summed E-state index contributed by atoms with van der Waals surface area (Å²) in [7, 11) is 0. The van der Waals surface area contributed by atoms with Crippen LogP contribution < -0.4 is 11.2 Å². The molecule has 1 aliphatic heterocycles. The molecule has 112 valence electrons. The molecule has 0 amide bonds. The maximum atomic E-state index is 11.6. The molecular weight excluding hydrogens is 268 g/mol. The number of hydrogen-bond acceptors (Lipinski definition) is 6. The Morgan fingerprint density at radius 2 is 2.15 bits per heavy atom. The SMILES string of the molecule is CCCOC[C@H]1O[C@@H](n2ccc(=O)[nH]c2=O)C(O)[C@H]1O. The van der Waals surface area contributed by atoms with Crippen molar-refractivity contribution in [3.63, 3.8) is 0 Å². The predicted molar refractivity (Wildman–Crippen MR) is 68.4 cm³/mol. The van der Waals surface area contributed by atoms with Crippen LogP contribution in [0.1, 0.15) is 19.6 Å². The van der Waals surface area contributed by atoms with Gasteiger partial charge in [-0.15, -0.1) is 0 Å². The zero-order valence-corrected chi connectivity index (χ0v) is 11.1. The number of ether oxygens (including phenoxy) is 2. The number of nitrogens with zero attached hydrogens (tertiary/aromatic N) is 1. The number of aliphatic hydroxyl groups is 2. The van der Waals surface area contributed by atoms with Crippen LogP contribution in [0, 0.1) is 0 Å². The highest BCUT2D eigenvalue weighted by Crippen LogP contribution is 2.28. The first-order valence-electron chi connectivity index (χ1n) is 6.45. The Kier molecular flexibility index (Phi) is 4.71. The van der Waals surface area contributed by atoms with Crippen molar-refractivity contribution in [2.45, 2.75) is 37.9 Å². The van der Waals surface area contributed by atoms with Crippen LogP contribution in [0.25, 0.3) is 0 Å². The van der Waals surface area contributed by atoms with Gasteiger partial charge >= 0.3 is 5.69 Å². The molecule has 8 heteroatoms. The second-order valence-corrected chi connectivity index (χ2v) is 4.64. The van der Waals surface area contributed by atoms with Crippen LogP contribution in [0.15, 0.2) is 21.9 Å². The number of hydrogen-bond donors (Lipinski definition) is 3. The molecule has 20 heavy (non-hydrogen) atoms. The normalized spacial score (nSPS) is 29.8. The van der Waals surface area contributed by atoms with Crippen LogP contribution >= 0.6 is 0 Å². The van der Waals surface area contributed by atoms with Crippen LogP contribution in [-0.4, -0.2) is 51.3 Å². The van der Waals surface area contributed by atoms with Crippen LogP contribution in [0.4, 0.5) is 0 Å². The van der Waals surface area contributed by atoms with Crippen molar-refractivity contribution in [3.05, 3.63) is 33.1 Å². The highest BCUT2D eigenvalue weighted by molar-refractivity contribution is 4.93. The summed E-state index contributed by atoms with van der Waals surface area (Å²) >= 11 is 0. The number of nitrogens with one attached hydrogen (secondary N) is 1. The minimum Gasteiger partial charge on any atom is -0.387 e. The predicted octanol–water partition coefficient (Wildman–Crippen LogP) is -1.42. The van der Waals surface area contributed by atoms with Gasteiger partial charge in [0, 0.05) is 18.9 Å². The maximum absolute atomic E-state index is 11.6. The summed E-state index contributed by atoms with van der Waals surface area (Å²) < 4.78 is 11.8. The lowest BCUT2D eigenvalue weighted by atomic mass is 10.1. The molecule has 8 nitrogen and oxygen atoms in total. The van der Waals surface area contributed by atoms with Crippen molar-refractivity contribution >= 4 is 0 Å². The fourth-order valence-electron chi connectivity index (χ4n) is 2.07. The molecule has 1 fully saturated rings. The quantitative estimate of drug-likeness (QED) is 0.573. The lowest BCUT2D eigenvalue weighted by Gasteiger charge is -2.16. The third-order valence-corrected chi connectivity index (χ3v) is 3.09. The topological polar surface area (TPSA) is 114 Å². The van der Waals surface area contributed by atoms with Gasteiger partial charge in [-0.25, -0.2) is 4.79 Å². The van der Waals surface area contributed by atoms with Crippen molar-refractivity contribution < 1.29 is 19.7 Å². The standard InChI is InChI=1S/C12H18N2O6/c1-2-5-19-6-7-9(16)10(17)11(20-7)14-4-3-8(15)13-12(14)18/h3-4,7,9-11,16-17H,2,5-6H2,1H3,(H,13,15,18)/t7-,9+,10?,11-/m1/s1. The van der Waals surface area contributed by atoms with Gasteiger partial charge in [0.15, 0.2) is 6.23 Å². The van der Waals surface area contributed by atoms with Crippen molar-refractivity contribution in [1.29, 1.82) is 0 Å². The number of H-pyrrole nitrogens is 1. The number of aromatic nitrogens is 2. The lowest BCUT2D eigenvalue weighted by Crippen LogP contribution is -2.37.